The predicted molar refractivity (Wildman–Crippen MR) is 65.8 cm³/mol. The maximum absolute atomic E-state index is 12.1. The number of rotatable bonds is 5. The highest BCUT2D eigenvalue weighted by molar-refractivity contribution is 7.89. The standard InChI is InChI=1S/C11H18N2O3S/c1-9(8-14)13(2)17(15,16)11-5-3-10(7-12)4-6-11/h3-6,9,14H,7-8,12H2,1-2H3. The molecule has 0 aliphatic heterocycles. The minimum atomic E-state index is -3.54. The van der Waals surface area contributed by atoms with Gasteiger partial charge in [-0.2, -0.15) is 4.31 Å². The number of nitrogens with two attached hydrogens (primary N) is 1. The van der Waals surface area contributed by atoms with E-state index in [0.29, 0.717) is 6.54 Å². The van der Waals surface area contributed by atoms with Crippen LogP contribution in [0, 0.1) is 0 Å². The molecule has 96 valence electrons. The quantitative estimate of drug-likeness (QED) is 0.787. The van der Waals surface area contributed by atoms with E-state index in [0.717, 1.165) is 9.87 Å². The summed E-state index contributed by atoms with van der Waals surface area (Å²) < 4.78 is 25.4. The van der Waals surface area contributed by atoms with Crippen molar-refractivity contribution in [3.8, 4) is 0 Å². The molecule has 1 unspecified atom stereocenters. The van der Waals surface area contributed by atoms with Crippen LogP contribution in [0.3, 0.4) is 0 Å². The Bertz CT molecular complexity index is 456. The van der Waals surface area contributed by atoms with Crippen molar-refractivity contribution in [1.29, 1.82) is 0 Å². The third-order valence-electron chi connectivity index (χ3n) is 2.72. The topological polar surface area (TPSA) is 83.6 Å². The van der Waals surface area contributed by atoms with Crippen LogP contribution in [0.2, 0.25) is 0 Å². The molecule has 0 aromatic heterocycles. The van der Waals surface area contributed by atoms with E-state index in [2.05, 4.69) is 0 Å². The molecule has 0 radical (unpaired) electrons. The van der Waals surface area contributed by atoms with E-state index in [9.17, 15) is 8.42 Å². The van der Waals surface area contributed by atoms with Crippen molar-refractivity contribution in [2.24, 2.45) is 5.73 Å². The number of hydrogen-bond acceptors (Lipinski definition) is 4. The molecule has 0 fully saturated rings. The number of hydrogen-bond donors (Lipinski definition) is 2. The molecule has 0 aliphatic carbocycles. The zero-order valence-corrected chi connectivity index (χ0v) is 10.8. The molecule has 1 aromatic rings. The zero-order valence-electron chi connectivity index (χ0n) is 10.00. The van der Waals surface area contributed by atoms with Gasteiger partial charge in [0.05, 0.1) is 11.5 Å². The molecule has 0 aliphatic rings. The van der Waals surface area contributed by atoms with Gasteiger partial charge < -0.3 is 10.8 Å². The zero-order chi connectivity index (χ0) is 13.1. The van der Waals surface area contributed by atoms with Crippen LogP contribution in [0.5, 0.6) is 0 Å². The molecule has 0 amide bonds. The summed E-state index contributed by atoms with van der Waals surface area (Å²) in [5.41, 5.74) is 6.32. The van der Waals surface area contributed by atoms with E-state index in [1.165, 1.54) is 19.2 Å². The summed E-state index contributed by atoms with van der Waals surface area (Å²) in [4.78, 5) is 0.206. The molecule has 1 atom stereocenters. The van der Waals surface area contributed by atoms with Crippen LogP contribution in [0.25, 0.3) is 0 Å². The molecular weight excluding hydrogens is 240 g/mol. The van der Waals surface area contributed by atoms with Crippen molar-refractivity contribution in [3.05, 3.63) is 29.8 Å². The lowest BCUT2D eigenvalue weighted by atomic mass is 10.2. The van der Waals surface area contributed by atoms with E-state index < -0.39 is 16.1 Å². The molecule has 0 bridgehead atoms. The lowest BCUT2D eigenvalue weighted by Crippen LogP contribution is -2.37. The van der Waals surface area contributed by atoms with Gasteiger partial charge in [0.15, 0.2) is 0 Å². The van der Waals surface area contributed by atoms with Crippen molar-refractivity contribution in [2.75, 3.05) is 13.7 Å². The van der Waals surface area contributed by atoms with Crippen LogP contribution in [-0.4, -0.2) is 37.5 Å². The number of sulfonamides is 1. The second kappa shape index (κ2) is 5.59. The summed E-state index contributed by atoms with van der Waals surface area (Å²) in [6, 6.07) is 5.97. The minimum absolute atomic E-state index is 0.206. The van der Waals surface area contributed by atoms with E-state index in [4.69, 9.17) is 10.8 Å². The third-order valence-corrected chi connectivity index (χ3v) is 4.71. The number of aliphatic hydroxyl groups is 1. The van der Waals surface area contributed by atoms with Crippen LogP contribution in [-0.2, 0) is 16.6 Å². The molecule has 3 N–H and O–H groups in total. The van der Waals surface area contributed by atoms with Crippen molar-refractivity contribution in [2.45, 2.75) is 24.4 Å². The maximum Gasteiger partial charge on any atom is 0.243 e. The molecular formula is C11H18N2O3S. The second-order valence-corrected chi connectivity index (χ2v) is 5.90. The molecule has 1 aromatic carbocycles. The Morgan fingerprint density at radius 1 is 1.35 bits per heavy atom. The molecule has 17 heavy (non-hydrogen) atoms. The third kappa shape index (κ3) is 3.04. The summed E-state index contributed by atoms with van der Waals surface area (Å²) in [5.74, 6) is 0. The summed E-state index contributed by atoms with van der Waals surface area (Å²) in [6.45, 7) is 1.81. The van der Waals surface area contributed by atoms with Crippen LogP contribution in [0.4, 0.5) is 0 Å². The summed E-state index contributed by atoms with van der Waals surface area (Å²) in [5, 5.41) is 8.97. The highest BCUT2D eigenvalue weighted by atomic mass is 32.2. The van der Waals surface area contributed by atoms with E-state index >= 15 is 0 Å². The van der Waals surface area contributed by atoms with Gasteiger partial charge in [0.25, 0.3) is 0 Å². The second-order valence-electron chi connectivity index (χ2n) is 3.90. The van der Waals surface area contributed by atoms with Crippen molar-refractivity contribution in [1.82, 2.24) is 4.31 Å². The van der Waals surface area contributed by atoms with Gasteiger partial charge in [-0.1, -0.05) is 12.1 Å². The number of nitrogens with zero attached hydrogens (tertiary/aromatic N) is 1. The van der Waals surface area contributed by atoms with Gasteiger partial charge in [0, 0.05) is 19.6 Å². The highest BCUT2D eigenvalue weighted by Crippen LogP contribution is 2.16. The lowest BCUT2D eigenvalue weighted by molar-refractivity contribution is 0.214. The summed E-state index contributed by atoms with van der Waals surface area (Å²) in [7, 11) is -2.09. The van der Waals surface area contributed by atoms with Gasteiger partial charge in [-0.3, -0.25) is 0 Å². The largest absolute Gasteiger partial charge is 0.395 e. The molecule has 0 spiro atoms. The van der Waals surface area contributed by atoms with Gasteiger partial charge in [-0.25, -0.2) is 8.42 Å². The molecule has 6 heteroatoms. The normalized spacial score (nSPS) is 13.9. The van der Waals surface area contributed by atoms with Gasteiger partial charge in [0.2, 0.25) is 10.0 Å². The van der Waals surface area contributed by atoms with Gasteiger partial charge in [0.1, 0.15) is 0 Å². The summed E-state index contributed by atoms with van der Waals surface area (Å²) >= 11 is 0. The minimum Gasteiger partial charge on any atom is -0.395 e. The molecule has 0 heterocycles. The molecule has 5 nitrogen and oxygen atoms in total. The average molecular weight is 258 g/mol. The van der Waals surface area contributed by atoms with Crippen LogP contribution in [0.15, 0.2) is 29.2 Å². The fraction of sp³-hybridized carbons (Fsp3) is 0.455. The van der Waals surface area contributed by atoms with E-state index in [1.54, 1.807) is 19.1 Å². The highest BCUT2D eigenvalue weighted by Gasteiger charge is 2.24. The van der Waals surface area contributed by atoms with E-state index in [-0.39, 0.29) is 11.5 Å². The average Bonchev–Trinajstić information content (AvgIpc) is 2.36. The number of aliphatic hydroxyl groups excluding tert-OH is 1. The van der Waals surface area contributed by atoms with Crippen molar-refractivity contribution >= 4 is 10.0 Å². The first-order valence-electron chi connectivity index (χ1n) is 5.31. The van der Waals surface area contributed by atoms with Gasteiger partial charge >= 0.3 is 0 Å². The van der Waals surface area contributed by atoms with Crippen LogP contribution >= 0.6 is 0 Å². The molecule has 0 saturated heterocycles. The molecule has 0 saturated carbocycles. The first-order valence-corrected chi connectivity index (χ1v) is 6.75. The Kier molecular flexibility index (Phi) is 4.64. The predicted octanol–water partition coefficient (Wildman–Crippen LogP) is 0.147. The Balaban J connectivity index is 3.04. The van der Waals surface area contributed by atoms with Crippen LogP contribution < -0.4 is 5.73 Å². The number of likely N-dealkylation sites (N-methyl/N-ethyl adjacent to an activating group) is 1. The van der Waals surface area contributed by atoms with Crippen LogP contribution in [0.1, 0.15) is 12.5 Å². The molecule has 1 rings (SSSR count). The SMILES string of the molecule is CC(CO)N(C)S(=O)(=O)c1ccc(CN)cc1. The van der Waals surface area contributed by atoms with E-state index in [1.807, 2.05) is 0 Å². The van der Waals surface area contributed by atoms with Crippen molar-refractivity contribution in [3.63, 3.8) is 0 Å². The maximum atomic E-state index is 12.1. The fourth-order valence-corrected chi connectivity index (χ4v) is 2.67. The Morgan fingerprint density at radius 3 is 2.29 bits per heavy atom. The first-order chi connectivity index (χ1) is 7.93. The first kappa shape index (κ1) is 14.1. The Hall–Kier alpha value is -0.950. The summed E-state index contributed by atoms with van der Waals surface area (Å²) in [6.07, 6.45) is 0. The van der Waals surface area contributed by atoms with Gasteiger partial charge in [-0.15, -0.1) is 0 Å². The smallest absolute Gasteiger partial charge is 0.243 e. The lowest BCUT2D eigenvalue weighted by Gasteiger charge is -2.22. The fourth-order valence-electron chi connectivity index (χ4n) is 1.32. The van der Waals surface area contributed by atoms with Gasteiger partial charge in [-0.05, 0) is 24.6 Å². The Morgan fingerprint density at radius 2 is 1.88 bits per heavy atom. The monoisotopic (exact) mass is 258 g/mol. The Labute approximate surface area is 102 Å². The number of benzene rings is 1. The van der Waals surface area contributed by atoms with Crippen molar-refractivity contribution < 1.29 is 13.5 Å².